The molecule has 3 rings (SSSR count). The van der Waals surface area contributed by atoms with E-state index >= 15 is 0 Å². The number of rotatable bonds is 3. The lowest BCUT2D eigenvalue weighted by atomic mass is 9.87. The Morgan fingerprint density at radius 2 is 2.15 bits per heavy atom. The highest BCUT2D eigenvalue weighted by Crippen LogP contribution is 2.24. The van der Waals surface area contributed by atoms with E-state index in [1.807, 2.05) is 30.5 Å². The lowest BCUT2D eigenvalue weighted by Gasteiger charge is -2.22. The third-order valence-corrected chi connectivity index (χ3v) is 4.31. The number of nitrogens with two attached hydrogens (primary N) is 1. The molecule has 0 amide bonds. The summed E-state index contributed by atoms with van der Waals surface area (Å²) in [6.45, 7) is 0.751. The fraction of sp³-hybridized carbons (Fsp3) is 0.375. The first-order valence-electron chi connectivity index (χ1n) is 7.03. The summed E-state index contributed by atoms with van der Waals surface area (Å²) in [5.74, 6) is 1.43. The van der Waals surface area contributed by atoms with Gasteiger partial charge < -0.3 is 5.73 Å². The highest BCUT2D eigenvalue weighted by atomic mass is 35.5. The van der Waals surface area contributed by atoms with Crippen molar-refractivity contribution in [1.82, 2.24) is 9.97 Å². The van der Waals surface area contributed by atoms with Crippen molar-refractivity contribution in [3.8, 4) is 0 Å². The predicted molar refractivity (Wildman–Crippen MR) is 80.9 cm³/mol. The number of hydrogen-bond donors (Lipinski definition) is 1. The molecule has 3 nitrogen and oxygen atoms in total. The summed E-state index contributed by atoms with van der Waals surface area (Å²) in [7, 11) is 0. The van der Waals surface area contributed by atoms with Crippen LogP contribution in [0.5, 0.6) is 0 Å². The van der Waals surface area contributed by atoms with E-state index in [0.29, 0.717) is 12.3 Å². The molecule has 1 aliphatic carbocycles. The Kier molecular flexibility index (Phi) is 3.99. The number of hydrogen-bond acceptors (Lipinski definition) is 3. The second kappa shape index (κ2) is 5.90. The van der Waals surface area contributed by atoms with Gasteiger partial charge in [-0.1, -0.05) is 29.8 Å². The molecule has 2 aromatic rings. The Balaban J connectivity index is 1.81. The van der Waals surface area contributed by atoms with Gasteiger partial charge in [0.1, 0.15) is 5.82 Å². The van der Waals surface area contributed by atoms with Gasteiger partial charge in [-0.25, -0.2) is 9.97 Å². The van der Waals surface area contributed by atoms with E-state index in [-0.39, 0.29) is 0 Å². The minimum atomic E-state index is 0.584. The van der Waals surface area contributed by atoms with Gasteiger partial charge in [0.15, 0.2) is 0 Å². The van der Waals surface area contributed by atoms with Crippen LogP contribution in [0.25, 0.3) is 0 Å². The quantitative estimate of drug-likeness (QED) is 0.944. The van der Waals surface area contributed by atoms with Gasteiger partial charge in [0.25, 0.3) is 0 Å². The molecular weight excluding hydrogens is 270 g/mol. The van der Waals surface area contributed by atoms with E-state index in [9.17, 15) is 0 Å². The average molecular weight is 288 g/mol. The first-order chi connectivity index (χ1) is 9.76. The van der Waals surface area contributed by atoms with Gasteiger partial charge in [0.05, 0.1) is 0 Å². The first kappa shape index (κ1) is 13.5. The van der Waals surface area contributed by atoms with Crippen molar-refractivity contribution in [2.45, 2.75) is 25.7 Å². The topological polar surface area (TPSA) is 51.8 Å². The van der Waals surface area contributed by atoms with Crippen LogP contribution in [0.3, 0.4) is 0 Å². The fourth-order valence-corrected chi connectivity index (χ4v) is 2.93. The highest BCUT2D eigenvalue weighted by Gasteiger charge is 2.19. The van der Waals surface area contributed by atoms with Crippen LogP contribution in [0.15, 0.2) is 30.5 Å². The summed E-state index contributed by atoms with van der Waals surface area (Å²) in [6.07, 6.45) is 5.81. The molecular formula is C16H18ClN3. The van der Waals surface area contributed by atoms with Gasteiger partial charge >= 0.3 is 0 Å². The van der Waals surface area contributed by atoms with Crippen LogP contribution in [0, 0.1) is 5.92 Å². The molecule has 1 aromatic heterocycles. The van der Waals surface area contributed by atoms with Crippen LogP contribution < -0.4 is 5.73 Å². The van der Waals surface area contributed by atoms with Crippen molar-refractivity contribution < 1.29 is 0 Å². The van der Waals surface area contributed by atoms with E-state index in [4.69, 9.17) is 22.3 Å². The molecule has 0 fully saturated rings. The Hall–Kier alpha value is -1.45. The monoisotopic (exact) mass is 287 g/mol. The summed E-state index contributed by atoms with van der Waals surface area (Å²) in [6, 6.07) is 7.86. The van der Waals surface area contributed by atoms with Crippen LogP contribution in [0.1, 0.15) is 29.1 Å². The summed E-state index contributed by atoms with van der Waals surface area (Å²) < 4.78 is 0. The van der Waals surface area contributed by atoms with Crippen LogP contribution in [0.2, 0.25) is 5.02 Å². The standard InChI is InChI=1S/C16H18ClN3/c17-14-4-2-1-3-12(14)8-16-19-10-13-7-11(9-18)5-6-15(13)20-16/h1-4,10-11H,5-9,18H2. The van der Waals surface area contributed by atoms with Gasteiger partial charge in [0.2, 0.25) is 0 Å². The zero-order valence-corrected chi connectivity index (χ0v) is 12.1. The summed E-state index contributed by atoms with van der Waals surface area (Å²) in [5.41, 5.74) is 9.27. The molecule has 0 spiro atoms. The van der Waals surface area contributed by atoms with Crippen LogP contribution >= 0.6 is 11.6 Å². The molecule has 20 heavy (non-hydrogen) atoms. The smallest absolute Gasteiger partial charge is 0.132 e. The van der Waals surface area contributed by atoms with Crippen molar-refractivity contribution >= 4 is 11.6 Å². The van der Waals surface area contributed by atoms with Crippen LogP contribution in [0.4, 0.5) is 0 Å². The minimum Gasteiger partial charge on any atom is -0.330 e. The van der Waals surface area contributed by atoms with Gasteiger partial charge in [-0.05, 0) is 48.9 Å². The van der Waals surface area contributed by atoms with E-state index in [2.05, 4.69) is 4.98 Å². The number of nitrogens with zero attached hydrogens (tertiary/aromatic N) is 2. The van der Waals surface area contributed by atoms with E-state index in [1.165, 1.54) is 11.3 Å². The molecule has 0 bridgehead atoms. The van der Waals surface area contributed by atoms with Gasteiger partial charge in [-0.3, -0.25) is 0 Å². The summed E-state index contributed by atoms with van der Waals surface area (Å²) >= 11 is 6.19. The lowest BCUT2D eigenvalue weighted by Crippen LogP contribution is -2.23. The molecule has 1 heterocycles. The van der Waals surface area contributed by atoms with Crippen molar-refractivity contribution in [1.29, 1.82) is 0 Å². The first-order valence-corrected chi connectivity index (χ1v) is 7.41. The zero-order chi connectivity index (χ0) is 13.9. The lowest BCUT2D eigenvalue weighted by molar-refractivity contribution is 0.460. The molecule has 1 aliphatic rings. The Morgan fingerprint density at radius 3 is 2.95 bits per heavy atom. The van der Waals surface area contributed by atoms with Gasteiger partial charge in [-0.2, -0.15) is 0 Å². The Bertz CT molecular complexity index is 612. The van der Waals surface area contributed by atoms with Crippen molar-refractivity contribution in [3.63, 3.8) is 0 Å². The van der Waals surface area contributed by atoms with E-state index in [1.54, 1.807) is 0 Å². The molecule has 0 aliphatic heterocycles. The largest absolute Gasteiger partial charge is 0.330 e. The molecule has 1 unspecified atom stereocenters. The Labute approximate surface area is 124 Å². The van der Waals surface area contributed by atoms with Crippen molar-refractivity contribution in [2.75, 3.05) is 6.54 Å². The molecule has 1 aromatic carbocycles. The molecule has 104 valence electrons. The fourth-order valence-electron chi connectivity index (χ4n) is 2.72. The maximum Gasteiger partial charge on any atom is 0.132 e. The summed E-state index contributed by atoms with van der Waals surface area (Å²) in [5, 5.41) is 0.775. The zero-order valence-electron chi connectivity index (χ0n) is 11.3. The normalized spacial score (nSPS) is 17.8. The SMILES string of the molecule is NCC1CCc2nc(Cc3ccccc3Cl)ncc2C1. The average Bonchev–Trinajstić information content (AvgIpc) is 2.49. The number of aromatic nitrogens is 2. The second-order valence-electron chi connectivity index (χ2n) is 5.37. The molecule has 0 saturated heterocycles. The molecule has 1 atom stereocenters. The number of halogens is 1. The molecule has 0 radical (unpaired) electrons. The number of aryl methyl sites for hydroxylation is 1. The minimum absolute atomic E-state index is 0.584. The van der Waals surface area contributed by atoms with E-state index < -0.39 is 0 Å². The second-order valence-corrected chi connectivity index (χ2v) is 5.78. The predicted octanol–water partition coefficient (Wildman–Crippen LogP) is 2.78. The Morgan fingerprint density at radius 1 is 1.30 bits per heavy atom. The maximum atomic E-state index is 6.19. The summed E-state index contributed by atoms with van der Waals surface area (Å²) in [4.78, 5) is 9.19. The third-order valence-electron chi connectivity index (χ3n) is 3.94. The van der Waals surface area contributed by atoms with Gasteiger partial charge in [-0.15, -0.1) is 0 Å². The molecule has 4 heteroatoms. The van der Waals surface area contributed by atoms with Crippen LogP contribution in [-0.4, -0.2) is 16.5 Å². The van der Waals surface area contributed by atoms with Crippen molar-refractivity contribution in [3.05, 3.63) is 58.1 Å². The van der Waals surface area contributed by atoms with Crippen LogP contribution in [-0.2, 0) is 19.3 Å². The number of benzene rings is 1. The maximum absolute atomic E-state index is 6.19. The molecule has 2 N–H and O–H groups in total. The third kappa shape index (κ3) is 2.84. The number of fused-ring (bicyclic) bond motifs is 1. The van der Waals surface area contributed by atoms with E-state index in [0.717, 1.165) is 42.2 Å². The van der Waals surface area contributed by atoms with Gasteiger partial charge in [0, 0.05) is 23.3 Å². The van der Waals surface area contributed by atoms with Crippen molar-refractivity contribution in [2.24, 2.45) is 11.7 Å². The molecule has 0 saturated carbocycles. The highest BCUT2D eigenvalue weighted by molar-refractivity contribution is 6.31.